The summed E-state index contributed by atoms with van der Waals surface area (Å²) >= 11 is 6.04. The molecule has 3 rings (SSSR count). The number of non-ortho nitro benzene ring substituents is 1. The van der Waals surface area contributed by atoms with Gasteiger partial charge in [-0.2, -0.15) is 0 Å². The van der Waals surface area contributed by atoms with Crippen molar-refractivity contribution in [3.05, 3.63) is 69.2 Å². The third-order valence-corrected chi connectivity index (χ3v) is 5.04. The molecule has 2 aromatic rings. The van der Waals surface area contributed by atoms with Gasteiger partial charge in [-0.1, -0.05) is 23.7 Å². The zero-order chi connectivity index (χ0) is 21.0. The van der Waals surface area contributed by atoms with E-state index in [0.29, 0.717) is 31.2 Å². The number of nitro groups is 1. The van der Waals surface area contributed by atoms with Crippen LogP contribution in [-0.2, 0) is 4.79 Å². The molecule has 1 N–H and O–H groups in total. The lowest BCUT2D eigenvalue weighted by atomic mass is 10.1. The minimum atomic E-state index is -0.737. The normalized spacial score (nSPS) is 15.0. The van der Waals surface area contributed by atoms with Crippen molar-refractivity contribution in [2.75, 3.05) is 31.1 Å². The van der Waals surface area contributed by atoms with E-state index in [1.54, 1.807) is 11.8 Å². The maximum atomic E-state index is 12.7. The number of nitrogens with zero attached hydrogens (tertiary/aromatic N) is 3. The Balaban J connectivity index is 1.56. The molecule has 0 saturated carbocycles. The number of anilines is 1. The highest BCUT2D eigenvalue weighted by molar-refractivity contribution is 6.30. The van der Waals surface area contributed by atoms with Crippen molar-refractivity contribution in [2.45, 2.75) is 13.0 Å². The van der Waals surface area contributed by atoms with E-state index in [1.807, 2.05) is 24.3 Å². The number of carbonyl (C=O) groups excluding carboxylic acids is 2. The summed E-state index contributed by atoms with van der Waals surface area (Å²) in [5, 5.41) is 14.2. The number of halogens is 1. The summed E-state index contributed by atoms with van der Waals surface area (Å²) in [4.78, 5) is 39.2. The molecule has 9 heteroatoms. The summed E-state index contributed by atoms with van der Waals surface area (Å²) in [5.74, 6) is -0.707. The smallest absolute Gasteiger partial charge is 0.270 e. The summed E-state index contributed by atoms with van der Waals surface area (Å²) in [7, 11) is 0. The van der Waals surface area contributed by atoms with Crippen LogP contribution in [0.1, 0.15) is 17.3 Å². The number of nitro benzene ring substituents is 1. The summed E-state index contributed by atoms with van der Waals surface area (Å²) in [5.41, 5.74) is 0.981. The molecular formula is C20H21ClN4O4. The van der Waals surface area contributed by atoms with Crippen molar-refractivity contribution in [3.63, 3.8) is 0 Å². The molecule has 0 spiro atoms. The fourth-order valence-corrected chi connectivity index (χ4v) is 3.42. The number of rotatable bonds is 5. The number of hydrogen-bond donors (Lipinski definition) is 1. The molecule has 152 valence electrons. The number of benzene rings is 2. The molecule has 0 aromatic heterocycles. The number of amides is 2. The molecule has 1 heterocycles. The van der Waals surface area contributed by atoms with E-state index >= 15 is 0 Å². The van der Waals surface area contributed by atoms with Gasteiger partial charge in [-0.3, -0.25) is 19.7 Å². The highest BCUT2D eigenvalue weighted by Crippen LogP contribution is 2.21. The van der Waals surface area contributed by atoms with E-state index in [4.69, 9.17) is 11.6 Å². The number of nitrogens with one attached hydrogen (secondary N) is 1. The van der Waals surface area contributed by atoms with Gasteiger partial charge in [0.1, 0.15) is 6.04 Å². The molecule has 0 aliphatic carbocycles. The van der Waals surface area contributed by atoms with Crippen LogP contribution in [0.2, 0.25) is 5.02 Å². The van der Waals surface area contributed by atoms with Crippen LogP contribution >= 0.6 is 11.6 Å². The van der Waals surface area contributed by atoms with E-state index < -0.39 is 16.9 Å². The minimum absolute atomic E-state index is 0.143. The summed E-state index contributed by atoms with van der Waals surface area (Å²) in [6, 6.07) is 12.3. The lowest BCUT2D eigenvalue weighted by molar-refractivity contribution is -0.384. The molecule has 0 bridgehead atoms. The van der Waals surface area contributed by atoms with Crippen LogP contribution in [0, 0.1) is 10.1 Å². The zero-order valence-electron chi connectivity index (χ0n) is 15.9. The molecule has 29 heavy (non-hydrogen) atoms. The van der Waals surface area contributed by atoms with Gasteiger partial charge in [-0.15, -0.1) is 0 Å². The first-order valence-corrected chi connectivity index (χ1v) is 9.57. The highest BCUT2D eigenvalue weighted by Gasteiger charge is 2.26. The topological polar surface area (TPSA) is 95.8 Å². The van der Waals surface area contributed by atoms with Gasteiger partial charge in [0.25, 0.3) is 11.6 Å². The Morgan fingerprint density at radius 2 is 1.79 bits per heavy atom. The van der Waals surface area contributed by atoms with Crippen LogP contribution < -0.4 is 10.2 Å². The van der Waals surface area contributed by atoms with Crippen molar-refractivity contribution in [1.82, 2.24) is 10.2 Å². The Morgan fingerprint density at radius 1 is 1.10 bits per heavy atom. The Hall–Kier alpha value is -3.13. The van der Waals surface area contributed by atoms with Crippen molar-refractivity contribution >= 4 is 34.8 Å². The first kappa shape index (κ1) is 20.6. The van der Waals surface area contributed by atoms with Crippen molar-refractivity contribution in [3.8, 4) is 0 Å². The van der Waals surface area contributed by atoms with Crippen LogP contribution in [0.25, 0.3) is 0 Å². The summed E-state index contributed by atoms with van der Waals surface area (Å²) in [6.45, 7) is 4.00. The first-order chi connectivity index (χ1) is 13.8. The maximum absolute atomic E-state index is 12.7. The van der Waals surface area contributed by atoms with E-state index in [0.717, 1.165) is 5.69 Å². The van der Waals surface area contributed by atoms with Crippen LogP contribution in [0.5, 0.6) is 0 Å². The standard InChI is InChI=1S/C20H21ClN4O4/c1-14(22-19(26)15-4-2-7-18(12-15)25(28)29)20(27)24-10-8-23(9-11-24)17-6-3-5-16(21)13-17/h2-7,12-14H,8-11H2,1H3,(H,22,26). The fraction of sp³-hybridized carbons (Fsp3) is 0.300. The van der Waals surface area contributed by atoms with Gasteiger partial charge in [0, 0.05) is 54.6 Å². The maximum Gasteiger partial charge on any atom is 0.270 e. The lowest BCUT2D eigenvalue weighted by Gasteiger charge is -2.37. The van der Waals surface area contributed by atoms with Gasteiger partial charge in [0.05, 0.1) is 4.92 Å². The van der Waals surface area contributed by atoms with E-state index in [9.17, 15) is 19.7 Å². The van der Waals surface area contributed by atoms with Crippen molar-refractivity contribution in [1.29, 1.82) is 0 Å². The van der Waals surface area contributed by atoms with Gasteiger partial charge in [-0.25, -0.2) is 0 Å². The molecule has 1 aliphatic heterocycles. The monoisotopic (exact) mass is 416 g/mol. The molecule has 1 unspecified atom stereocenters. The Labute approximate surface area is 173 Å². The van der Waals surface area contributed by atoms with Gasteiger partial charge >= 0.3 is 0 Å². The van der Waals surface area contributed by atoms with Gasteiger partial charge in [0.15, 0.2) is 0 Å². The van der Waals surface area contributed by atoms with Crippen molar-refractivity contribution in [2.24, 2.45) is 0 Å². The molecular weight excluding hydrogens is 396 g/mol. The predicted molar refractivity (Wildman–Crippen MR) is 110 cm³/mol. The van der Waals surface area contributed by atoms with Gasteiger partial charge in [0.2, 0.25) is 5.91 Å². The molecule has 1 atom stereocenters. The molecule has 1 saturated heterocycles. The Morgan fingerprint density at radius 3 is 2.45 bits per heavy atom. The van der Waals surface area contributed by atoms with Crippen LogP contribution in [0.15, 0.2) is 48.5 Å². The largest absolute Gasteiger partial charge is 0.368 e. The molecule has 8 nitrogen and oxygen atoms in total. The number of carbonyl (C=O) groups is 2. The van der Waals surface area contributed by atoms with Crippen LogP contribution in [0.3, 0.4) is 0 Å². The molecule has 1 fully saturated rings. The van der Waals surface area contributed by atoms with Gasteiger partial charge in [-0.05, 0) is 31.2 Å². The average molecular weight is 417 g/mol. The second kappa shape index (κ2) is 8.91. The fourth-order valence-electron chi connectivity index (χ4n) is 3.23. The predicted octanol–water partition coefficient (Wildman–Crippen LogP) is 2.72. The molecule has 2 aromatic carbocycles. The van der Waals surface area contributed by atoms with Gasteiger partial charge < -0.3 is 15.1 Å². The lowest BCUT2D eigenvalue weighted by Crippen LogP contribution is -2.54. The first-order valence-electron chi connectivity index (χ1n) is 9.20. The SMILES string of the molecule is CC(NC(=O)c1cccc([N+](=O)[O-])c1)C(=O)N1CCN(c2cccc(Cl)c2)CC1. The molecule has 2 amide bonds. The van der Waals surface area contributed by atoms with E-state index in [2.05, 4.69) is 10.2 Å². The second-order valence-corrected chi connectivity index (χ2v) is 7.23. The second-order valence-electron chi connectivity index (χ2n) is 6.79. The molecule has 1 aliphatic rings. The van der Waals surface area contributed by atoms with E-state index in [1.165, 1.54) is 24.3 Å². The summed E-state index contributed by atoms with van der Waals surface area (Å²) < 4.78 is 0. The summed E-state index contributed by atoms with van der Waals surface area (Å²) in [6.07, 6.45) is 0. The van der Waals surface area contributed by atoms with Crippen LogP contribution in [-0.4, -0.2) is 53.9 Å². The quantitative estimate of drug-likeness (QED) is 0.597. The third-order valence-electron chi connectivity index (χ3n) is 4.80. The highest BCUT2D eigenvalue weighted by atomic mass is 35.5. The number of piperazine rings is 1. The Bertz CT molecular complexity index is 928. The van der Waals surface area contributed by atoms with E-state index in [-0.39, 0.29) is 17.2 Å². The number of hydrogen-bond acceptors (Lipinski definition) is 5. The van der Waals surface area contributed by atoms with Crippen molar-refractivity contribution < 1.29 is 14.5 Å². The average Bonchev–Trinajstić information content (AvgIpc) is 2.73. The zero-order valence-corrected chi connectivity index (χ0v) is 16.6. The minimum Gasteiger partial charge on any atom is -0.368 e. The third kappa shape index (κ3) is 5.03. The Kier molecular flexibility index (Phi) is 6.33. The molecule has 0 radical (unpaired) electrons. The van der Waals surface area contributed by atoms with Crippen LogP contribution in [0.4, 0.5) is 11.4 Å².